The Bertz CT molecular complexity index is 1580. The Labute approximate surface area is 205 Å². The Morgan fingerprint density at radius 3 is 1.34 bits per heavy atom. The summed E-state index contributed by atoms with van der Waals surface area (Å²) >= 11 is 0. The first-order chi connectivity index (χ1) is 16.9. The number of nitrogens with zero attached hydrogens (tertiary/aromatic N) is 2. The van der Waals surface area contributed by atoms with Gasteiger partial charge in [-0.2, -0.15) is 0 Å². The van der Waals surface area contributed by atoms with Crippen molar-refractivity contribution in [3.05, 3.63) is 0 Å². The van der Waals surface area contributed by atoms with E-state index in [9.17, 15) is 9.59 Å². The van der Waals surface area contributed by atoms with Crippen LogP contribution in [0.15, 0.2) is 10.4 Å². The lowest BCUT2D eigenvalue weighted by atomic mass is 9.90. The molecule has 0 heterocycles. The summed E-state index contributed by atoms with van der Waals surface area (Å²) in [5, 5.41) is 15.2. The molecule has 0 aromatic heterocycles. The third-order valence-electron chi connectivity index (χ3n) is 2.77. The number of carboxylic acids is 1. The van der Waals surface area contributed by atoms with Crippen LogP contribution in [0.4, 0.5) is 0 Å². The van der Waals surface area contributed by atoms with Crippen LogP contribution in [0.3, 0.4) is 0 Å². The summed E-state index contributed by atoms with van der Waals surface area (Å²) in [5.74, 6) is 49.7. The van der Waals surface area contributed by atoms with Gasteiger partial charge in [-0.05, 0) is 68.1 Å². The van der Waals surface area contributed by atoms with Crippen LogP contribution in [0.5, 0.6) is 0 Å². The predicted octanol–water partition coefficient (Wildman–Crippen LogP) is 1.41. The zero-order valence-electron chi connectivity index (χ0n) is 18.8. The third-order valence-corrected chi connectivity index (χ3v) is 2.77. The minimum atomic E-state index is -1.27. The first-order valence-corrected chi connectivity index (χ1v) is 9.15. The fourth-order valence-corrected chi connectivity index (χ4v) is 1.23. The fourth-order valence-electron chi connectivity index (χ4n) is 1.23. The molecule has 0 aliphatic heterocycles. The normalized spacial score (nSPS) is 6.83. The van der Waals surface area contributed by atoms with Crippen molar-refractivity contribution in [2.24, 2.45) is 15.8 Å². The van der Waals surface area contributed by atoms with Crippen molar-refractivity contribution in [1.29, 1.82) is 0 Å². The summed E-state index contributed by atoms with van der Waals surface area (Å²) in [5.41, 5.74) is -1.27. The van der Waals surface area contributed by atoms with E-state index < -0.39 is 17.4 Å². The van der Waals surface area contributed by atoms with Crippen LogP contribution in [-0.4, -0.2) is 17.0 Å². The average Bonchev–Trinajstić information content (AvgIpc) is 2.81. The molecule has 0 bridgehead atoms. The van der Waals surface area contributed by atoms with E-state index in [2.05, 4.69) is 146 Å². The quantitative estimate of drug-likeness (QED) is 0.397. The van der Waals surface area contributed by atoms with Gasteiger partial charge in [0.25, 0.3) is 0 Å². The number of rotatable bonds is 4. The van der Waals surface area contributed by atoms with Crippen LogP contribution in [-0.2, 0) is 14.4 Å². The first kappa shape index (κ1) is 28.7. The number of aliphatic carboxylic acids is 1. The molecule has 0 radical (unpaired) electrons. The van der Waals surface area contributed by atoms with Crippen LogP contribution in [0.2, 0.25) is 0 Å². The van der Waals surface area contributed by atoms with Gasteiger partial charge >= 0.3 is 11.9 Å². The summed E-state index contributed by atoms with van der Waals surface area (Å²) in [4.78, 5) is 26.7. The van der Waals surface area contributed by atoms with Gasteiger partial charge in [0.15, 0.2) is 0 Å². The molecule has 0 saturated heterocycles. The van der Waals surface area contributed by atoms with E-state index in [4.69, 9.17) is 5.11 Å². The third kappa shape index (κ3) is 19.4. The van der Waals surface area contributed by atoms with Gasteiger partial charge in [-0.15, -0.1) is 0 Å². The summed E-state index contributed by atoms with van der Waals surface area (Å²) in [7, 11) is 0. The summed E-state index contributed by atoms with van der Waals surface area (Å²) in [6, 6.07) is 2.15. The van der Waals surface area contributed by atoms with Crippen molar-refractivity contribution < 1.29 is 19.5 Å². The molecule has 162 valence electrons. The highest BCUT2D eigenvalue weighted by Gasteiger charge is 2.31. The van der Waals surface area contributed by atoms with E-state index in [0.717, 1.165) is 0 Å². The minimum Gasteiger partial charge on any atom is -0.481 e. The van der Waals surface area contributed by atoms with Gasteiger partial charge in [0.2, 0.25) is 0 Å². The van der Waals surface area contributed by atoms with Crippen LogP contribution in [0.1, 0.15) is 27.2 Å². The molecule has 0 aromatic carbocycles. The van der Waals surface area contributed by atoms with Gasteiger partial charge in [-0.3, -0.25) is 9.63 Å². The molecule has 0 saturated carbocycles. The van der Waals surface area contributed by atoms with Gasteiger partial charge in [-0.25, -0.2) is 4.79 Å². The highest BCUT2D eigenvalue weighted by molar-refractivity contribution is 5.81. The maximum absolute atomic E-state index is 11.4. The van der Waals surface area contributed by atoms with Crippen molar-refractivity contribution in [3.8, 4) is 130 Å². The van der Waals surface area contributed by atoms with E-state index >= 15 is 0 Å². The summed E-state index contributed by atoms with van der Waals surface area (Å²) in [6.45, 7) is 4.44. The van der Waals surface area contributed by atoms with E-state index in [0.29, 0.717) is 0 Å². The summed E-state index contributed by atoms with van der Waals surface area (Å²) in [6.07, 6.45) is -0.366. The number of carbonyl (C=O) groups is 2. The average molecular weight is 452 g/mol. The van der Waals surface area contributed by atoms with Gasteiger partial charge in [0.05, 0.1) is 17.9 Å². The number of hydrogen-bond donors (Lipinski definition) is 1. The molecule has 6 nitrogen and oxygen atoms in total. The van der Waals surface area contributed by atoms with Crippen molar-refractivity contribution in [1.82, 2.24) is 0 Å². The molecular weight excluding hydrogens is 440 g/mol. The molecule has 1 N–H and O–H groups in total. The second-order valence-electron chi connectivity index (χ2n) is 5.87. The largest absolute Gasteiger partial charge is 0.481 e. The maximum Gasteiger partial charge on any atom is 0.338 e. The number of carbonyl (C=O) groups excluding carboxylic acids is 1. The van der Waals surface area contributed by atoms with Gasteiger partial charge in [0, 0.05) is 76.3 Å². The number of hydrogen-bond acceptors (Lipinski definition) is 5. The lowest BCUT2D eigenvalue weighted by molar-refractivity contribution is -0.156. The van der Waals surface area contributed by atoms with E-state index in [-0.39, 0.29) is 6.42 Å². The van der Waals surface area contributed by atoms with E-state index in [1.807, 2.05) is 0 Å². The van der Waals surface area contributed by atoms with E-state index in [1.54, 1.807) is 6.92 Å². The smallest absolute Gasteiger partial charge is 0.338 e. The molecule has 0 amide bonds. The Kier molecular flexibility index (Phi) is 16.1. The van der Waals surface area contributed by atoms with Crippen molar-refractivity contribution in [2.75, 3.05) is 0 Å². The second kappa shape index (κ2) is 19.7. The van der Waals surface area contributed by atoms with Gasteiger partial charge in [0.1, 0.15) is 0 Å². The first-order valence-electron chi connectivity index (χ1n) is 9.15. The zero-order chi connectivity index (χ0) is 26.0. The second-order valence-corrected chi connectivity index (χ2v) is 5.87. The van der Waals surface area contributed by atoms with Crippen LogP contribution in [0.25, 0.3) is 0 Å². The lowest BCUT2D eigenvalue weighted by Gasteiger charge is -2.15. The minimum absolute atomic E-state index is 0.366. The molecule has 0 rings (SSSR count). The van der Waals surface area contributed by atoms with Gasteiger partial charge in [-0.1, -0.05) is 11.0 Å². The molecule has 0 spiro atoms. The SMILES string of the molecule is CC#CC#CC#CC#CC#CC#CC#CC#CC#CC#CC#CN=NOC(=O)CC(C)(C)C(=O)O. The molecule has 6 heteroatoms. The predicted molar refractivity (Wildman–Crippen MR) is 128 cm³/mol. The monoisotopic (exact) mass is 452 g/mol. The van der Waals surface area contributed by atoms with E-state index in [1.165, 1.54) is 13.8 Å². The van der Waals surface area contributed by atoms with Crippen LogP contribution < -0.4 is 0 Å². The van der Waals surface area contributed by atoms with Crippen LogP contribution >= 0.6 is 0 Å². The standard InChI is InChI=1S/C29H12N2O4/c1-4-5-6-7-8-9-10-11-12-13-14-15-16-17-18-19-20-21-22-23-24-25-30-31-35-27(32)26-29(2,3)28(33)34/h26H2,1-3H3,(H,33,34). The molecule has 0 aromatic rings. The Balaban J connectivity index is 4.44. The Morgan fingerprint density at radius 1 is 0.657 bits per heavy atom. The Morgan fingerprint density at radius 2 is 1.00 bits per heavy atom. The molecule has 35 heavy (non-hydrogen) atoms. The molecule has 0 aliphatic rings. The lowest BCUT2D eigenvalue weighted by Crippen LogP contribution is -2.27. The van der Waals surface area contributed by atoms with Crippen molar-refractivity contribution in [3.63, 3.8) is 0 Å². The Hall–Kier alpha value is -6.30. The maximum atomic E-state index is 11.4. The van der Waals surface area contributed by atoms with Crippen LogP contribution in [0, 0.1) is 136 Å². The van der Waals surface area contributed by atoms with Crippen molar-refractivity contribution in [2.45, 2.75) is 27.2 Å². The highest BCUT2D eigenvalue weighted by Crippen LogP contribution is 2.20. The van der Waals surface area contributed by atoms with Crippen molar-refractivity contribution >= 4 is 11.9 Å². The number of carboxylic acid groups (broad SMARTS) is 1. The summed E-state index contributed by atoms with van der Waals surface area (Å²) < 4.78 is 0. The molecule has 0 fully saturated rings. The molecule has 0 unspecified atom stereocenters. The zero-order valence-corrected chi connectivity index (χ0v) is 18.8. The topological polar surface area (TPSA) is 88.3 Å². The molecule has 0 aliphatic carbocycles. The molecule has 0 atom stereocenters. The fraction of sp³-hybridized carbons (Fsp3) is 0.172. The van der Waals surface area contributed by atoms with Gasteiger partial charge < -0.3 is 5.11 Å². The highest BCUT2D eigenvalue weighted by atomic mass is 16.7. The molecular formula is C29H12N2O4.